The fraction of sp³-hybridized carbons (Fsp3) is 0.351. The van der Waals surface area contributed by atoms with Crippen molar-refractivity contribution >= 4 is 29.3 Å². The minimum atomic E-state index is -4.74. The van der Waals surface area contributed by atoms with Gasteiger partial charge in [-0.3, -0.25) is 9.59 Å². The van der Waals surface area contributed by atoms with Gasteiger partial charge in [-0.2, -0.15) is 18.2 Å². The number of anilines is 1. The zero-order valence-electron chi connectivity index (χ0n) is 28.5. The highest BCUT2D eigenvalue weighted by molar-refractivity contribution is 6.36. The summed E-state index contributed by atoms with van der Waals surface area (Å²) in [5.74, 6) is -1.05. The largest absolute Gasteiger partial charge is 0.481 e. The fourth-order valence-corrected chi connectivity index (χ4v) is 7.10. The standard InChI is InChI=1S/C37H38ClF3N6O5/c1-51-35-20(16-42-18-22-10-14-31(48)44-22)9-12-30(46-35)27-8-4-7-26(33(27)38)23-5-3-6-25-24(23)11-13-29(25)45-34-28(37(39,40)41)15-21(36(47-34)52-2)17-43-19-32(49)50/h3-9,12,15,22,29,42-43H,10-11,13-14,16-19H2,1-2H3,(H,44,48)(H,45,47)(H,49,50)/t22-,29-/m0/s1. The van der Waals surface area contributed by atoms with Gasteiger partial charge in [-0.05, 0) is 48.1 Å². The molecule has 2 aromatic carbocycles. The zero-order chi connectivity index (χ0) is 37.0. The lowest BCUT2D eigenvalue weighted by Gasteiger charge is -2.21. The number of rotatable bonds is 14. The van der Waals surface area contributed by atoms with Gasteiger partial charge >= 0.3 is 12.1 Å². The van der Waals surface area contributed by atoms with Gasteiger partial charge in [0.1, 0.15) is 5.82 Å². The first-order valence-electron chi connectivity index (χ1n) is 16.8. The predicted octanol–water partition coefficient (Wildman–Crippen LogP) is 6.14. The van der Waals surface area contributed by atoms with Crippen LogP contribution < -0.4 is 30.7 Å². The number of carbonyl (C=O) groups excluding carboxylic acids is 1. The molecule has 3 heterocycles. The molecule has 6 rings (SSSR count). The van der Waals surface area contributed by atoms with Crippen molar-refractivity contribution in [2.75, 3.05) is 32.6 Å². The molecule has 1 aliphatic carbocycles. The Morgan fingerprint density at radius 3 is 2.37 bits per heavy atom. The Morgan fingerprint density at radius 1 is 0.942 bits per heavy atom. The lowest BCUT2D eigenvalue weighted by atomic mass is 9.94. The van der Waals surface area contributed by atoms with Crippen molar-refractivity contribution in [1.29, 1.82) is 0 Å². The van der Waals surface area contributed by atoms with Crippen molar-refractivity contribution < 1.29 is 37.3 Å². The fourth-order valence-electron chi connectivity index (χ4n) is 6.77. The van der Waals surface area contributed by atoms with Gasteiger partial charge in [0.15, 0.2) is 0 Å². The van der Waals surface area contributed by atoms with Crippen molar-refractivity contribution in [1.82, 2.24) is 25.9 Å². The Morgan fingerprint density at radius 2 is 1.65 bits per heavy atom. The number of benzene rings is 2. The van der Waals surface area contributed by atoms with Crippen molar-refractivity contribution in [2.45, 2.75) is 57.0 Å². The van der Waals surface area contributed by atoms with Crippen molar-refractivity contribution in [3.8, 4) is 34.1 Å². The zero-order valence-corrected chi connectivity index (χ0v) is 29.3. The Labute approximate surface area is 303 Å². The molecule has 2 aliphatic rings. The van der Waals surface area contributed by atoms with Gasteiger partial charge in [0.2, 0.25) is 17.7 Å². The molecule has 52 heavy (non-hydrogen) atoms. The molecule has 2 aromatic heterocycles. The van der Waals surface area contributed by atoms with Crippen molar-refractivity contribution in [2.24, 2.45) is 0 Å². The highest BCUT2D eigenvalue weighted by atomic mass is 35.5. The first kappa shape index (κ1) is 36.9. The van der Waals surface area contributed by atoms with Gasteiger partial charge in [0.25, 0.3) is 0 Å². The van der Waals surface area contributed by atoms with Gasteiger partial charge in [-0.1, -0.05) is 54.1 Å². The van der Waals surface area contributed by atoms with Crippen LogP contribution in [0.3, 0.4) is 0 Å². The predicted molar refractivity (Wildman–Crippen MR) is 189 cm³/mol. The number of alkyl halides is 3. The summed E-state index contributed by atoms with van der Waals surface area (Å²) < 4.78 is 53.8. The number of hydrogen-bond donors (Lipinski definition) is 5. The van der Waals surface area contributed by atoms with Gasteiger partial charge in [0, 0.05) is 54.4 Å². The number of ether oxygens (including phenoxy) is 2. The summed E-state index contributed by atoms with van der Waals surface area (Å²) in [6.45, 7) is 0.532. The van der Waals surface area contributed by atoms with Crippen LogP contribution in [0.1, 0.15) is 53.1 Å². The summed E-state index contributed by atoms with van der Waals surface area (Å²) >= 11 is 7.09. The normalized spacial score (nSPS) is 16.8. The third-order valence-electron chi connectivity index (χ3n) is 9.22. The van der Waals surface area contributed by atoms with Crippen LogP contribution in [0.25, 0.3) is 22.4 Å². The van der Waals surface area contributed by atoms with E-state index in [0.717, 1.165) is 40.3 Å². The van der Waals surface area contributed by atoms with E-state index in [1.165, 1.54) is 7.11 Å². The summed E-state index contributed by atoms with van der Waals surface area (Å²) in [6, 6.07) is 15.7. The molecule has 274 valence electrons. The molecular weight excluding hydrogens is 701 g/mol. The number of halogens is 4. The van der Waals surface area contributed by atoms with Gasteiger partial charge in [-0.25, -0.2) is 4.98 Å². The third-order valence-corrected chi connectivity index (χ3v) is 9.63. The van der Waals surface area contributed by atoms with E-state index >= 15 is 0 Å². The van der Waals surface area contributed by atoms with Crippen LogP contribution in [0.15, 0.2) is 54.6 Å². The molecule has 4 aromatic rings. The topological polar surface area (TPSA) is 147 Å². The first-order chi connectivity index (χ1) is 25.0. The highest BCUT2D eigenvalue weighted by Crippen LogP contribution is 2.45. The van der Waals surface area contributed by atoms with Crippen molar-refractivity contribution in [3.63, 3.8) is 0 Å². The monoisotopic (exact) mass is 738 g/mol. The number of amides is 1. The van der Waals surface area contributed by atoms with E-state index in [1.54, 1.807) is 7.11 Å². The molecule has 0 radical (unpaired) electrons. The Balaban J connectivity index is 1.25. The van der Waals surface area contributed by atoms with Gasteiger partial charge in [0.05, 0.1) is 43.1 Å². The molecule has 2 atom stereocenters. The Hall–Kier alpha value is -4.92. The number of pyridine rings is 2. The number of carboxylic acid groups (broad SMARTS) is 1. The van der Waals surface area contributed by atoms with Crippen LogP contribution in [-0.2, 0) is 35.3 Å². The first-order valence-corrected chi connectivity index (χ1v) is 17.1. The quantitative estimate of drug-likeness (QED) is 0.102. The molecule has 11 nitrogen and oxygen atoms in total. The summed E-state index contributed by atoms with van der Waals surface area (Å²) in [4.78, 5) is 31.4. The smallest absolute Gasteiger partial charge is 0.419 e. The molecule has 5 N–H and O–H groups in total. The lowest BCUT2D eigenvalue weighted by molar-refractivity contribution is -0.137. The lowest BCUT2D eigenvalue weighted by Crippen LogP contribution is -2.35. The maximum absolute atomic E-state index is 14.3. The average Bonchev–Trinajstić information content (AvgIpc) is 3.73. The van der Waals surface area contributed by atoms with Gasteiger partial charge in [-0.15, -0.1) is 0 Å². The number of aliphatic carboxylic acids is 1. The number of methoxy groups -OCH3 is 2. The maximum Gasteiger partial charge on any atom is 0.419 e. The number of fused-ring (bicyclic) bond motifs is 1. The van der Waals surface area contributed by atoms with Gasteiger partial charge < -0.3 is 35.8 Å². The molecule has 1 amide bonds. The highest BCUT2D eigenvalue weighted by Gasteiger charge is 2.37. The number of carbonyl (C=O) groups is 2. The van der Waals surface area contributed by atoms with Crippen LogP contribution in [0.2, 0.25) is 5.02 Å². The molecule has 0 spiro atoms. The van der Waals surface area contributed by atoms with Crippen LogP contribution in [0.4, 0.5) is 19.0 Å². The molecule has 1 fully saturated rings. The van der Waals surface area contributed by atoms with Crippen molar-refractivity contribution in [3.05, 3.63) is 87.4 Å². The Bertz CT molecular complexity index is 1980. The second kappa shape index (κ2) is 15.8. The summed E-state index contributed by atoms with van der Waals surface area (Å²) in [5, 5.41) is 21.3. The van der Waals surface area contributed by atoms with E-state index in [-0.39, 0.29) is 35.8 Å². The van der Waals surface area contributed by atoms with Crippen LogP contribution in [0.5, 0.6) is 11.8 Å². The number of hydrogen-bond acceptors (Lipinski definition) is 9. The van der Waals surface area contributed by atoms with E-state index in [2.05, 4.69) is 26.3 Å². The number of aromatic nitrogens is 2. The van der Waals surface area contributed by atoms with Crippen LogP contribution in [-0.4, -0.2) is 60.3 Å². The van der Waals surface area contributed by atoms with E-state index in [1.807, 2.05) is 48.5 Å². The summed E-state index contributed by atoms with van der Waals surface area (Å²) in [6.07, 6.45) is -2.31. The maximum atomic E-state index is 14.3. The number of nitrogens with one attached hydrogen (secondary N) is 4. The SMILES string of the molecule is COc1nc(-c2cccc(-c3cccc4c3CC[C@@H]4Nc3nc(OC)c(CNCC(=O)O)cc3C(F)(F)F)c2Cl)ccc1CNC[C@@H]1CCC(=O)N1. The van der Waals surface area contributed by atoms with E-state index in [4.69, 9.17) is 31.2 Å². The third kappa shape index (κ3) is 8.09. The summed E-state index contributed by atoms with van der Waals surface area (Å²) in [7, 11) is 2.85. The molecule has 0 bridgehead atoms. The second-order valence-corrected chi connectivity index (χ2v) is 13.0. The molecule has 1 aliphatic heterocycles. The second-order valence-electron chi connectivity index (χ2n) is 12.6. The molecule has 1 saturated heterocycles. The number of carboxylic acids is 1. The molecule has 0 unspecified atom stereocenters. The van der Waals surface area contributed by atoms with E-state index in [9.17, 15) is 22.8 Å². The van der Waals surface area contributed by atoms with Crippen LogP contribution in [0, 0.1) is 0 Å². The molecule has 0 saturated carbocycles. The van der Waals surface area contributed by atoms with E-state index in [0.29, 0.717) is 54.5 Å². The van der Waals surface area contributed by atoms with E-state index < -0.39 is 30.3 Å². The summed E-state index contributed by atoms with van der Waals surface area (Å²) in [5.41, 5.74) is 4.68. The average molecular weight is 739 g/mol. The Kier molecular flexibility index (Phi) is 11.2. The minimum Gasteiger partial charge on any atom is -0.481 e. The minimum absolute atomic E-state index is 0.0439. The van der Waals surface area contributed by atoms with Crippen LogP contribution >= 0.6 is 11.6 Å². The molecule has 15 heteroatoms. The molecular formula is C37H38ClF3N6O5. The number of nitrogens with zero attached hydrogens (tertiary/aromatic N) is 2.